The lowest BCUT2D eigenvalue weighted by molar-refractivity contribution is -0.134. The van der Waals surface area contributed by atoms with E-state index in [1.807, 2.05) is 41.3 Å². The van der Waals surface area contributed by atoms with Crippen LogP contribution in [-0.2, 0) is 16.1 Å². The molecule has 2 amide bonds. The quantitative estimate of drug-likeness (QED) is 0.569. The predicted molar refractivity (Wildman–Crippen MR) is 142 cm³/mol. The lowest BCUT2D eigenvalue weighted by Crippen LogP contribution is -2.48. The minimum absolute atomic E-state index is 0.0755. The second kappa shape index (κ2) is 11.7. The van der Waals surface area contributed by atoms with Crippen LogP contribution in [0.4, 0.5) is 0 Å². The predicted octanol–water partition coefficient (Wildman–Crippen LogP) is 2.90. The van der Waals surface area contributed by atoms with Gasteiger partial charge in [-0.15, -0.1) is 0 Å². The summed E-state index contributed by atoms with van der Waals surface area (Å²) in [6, 6.07) is 14.5. The summed E-state index contributed by atoms with van der Waals surface area (Å²) < 4.78 is 12.3. The molecule has 3 atom stereocenters. The maximum Gasteiger partial charge on any atom is 0.253 e. The van der Waals surface area contributed by atoms with Gasteiger partial charge in [0.05, 0.1) is 24.8 Å². The van der Waals surface area contributed by atoms with Crippen molar-refractivity contribution in [2.75, 3.05) is 26.7 Å². The Morgan fingerprint density at radius 1 is 1.05 bits per heavy atom. The topological polar surface area (TPSA) is 111 Å². The smallest absolute Gasteiger partial charge is 0.253 e. The van der Waals surface area contributed by atoms with E-state index in [1.54, 1.807) is 36.5 Å². The van der Waals surface area contributed by atoms with E-state index in [2.05, 4.69) is 9.97 Å². The number of amides is 2. The van der Waals surface area contributed by atoms with Crippen molar-refractivity contribution in [2.45, 2.75) is 44.1 Å². The average Bonchev–Trinajstić information content (AvgIpc) is 3.37. The minimum atomic E-state index is -0.630. The summed E-state index contributed by atoms with van der Waals surface area (Å²) in [4.78, 5) is 37.7. The molecule has 3 aromatic rings. The number of hydrogen-bond donors (Lipinski definition) is 1. The van der Waals surface area contributed by atoms with Gasteiger partial charge in [0.25, 0.3) is 5.91 Å². The molecule has 1 saturated heterocycles. The minimum Gasteiger partial charge on any atom is -0.491 e. The van der Waals surface area contributed by atoms with E-state index >= 15 is 0 Å². The van der Waals surface area contributed by atoms with Gasteiger partial charge >= 0.3 is 0 Å². The Bertz CT molecular complexity index is 1250. The van der Waals surface area contributed by atoms with Crippen LogP contribution in [0.2, 0.25) is 0 Å². The fraction of sp³-hybridized carbons (Fsp3) is 0.379. The zero-order chi connectivity index (χ0) is 26.5. The van der Waals surface area contributed by atoms with Gasteiger partial charge in [-0.2, -0.15) is 0 Å². The average molecular weight is 516 g/mol. The molecule has 2 aromatic carbocycles. The Morgan fingerprint density at radius 2 is 1.84 bits per heavy atom. The van der Waals surface area contributed by atoms with Crippen LogP contribution >= 0.6 is 0 Å². The molecule has 2 aliphatic rings. The van der Waals surface area contributed by atoms with Crippen LogP contribution in [0.3, 0.4) is 0 Å². The molecule has 5 rings (SSSR count). The monoisotopic (exact) mass is 515 g/mol. The molecule has 9 heteroatoms. The van der Waals surface area contributed by atoms with Crippen molar-refractivity contribution in [1.82, 2.24) is 19.8 Å². The Morgan fingerprint density at radius 3 is 2.63 bits per heavy atom. The number of hydrogen-bond acceptors (Lipinski definition) is 7. The number of carbonyl (C=O) groups is 2. The zero-order valence-electron chi connectivity index (χ0n) is 21.5. The summed E-state index contributed by atoms with van der Waals surface area (Å²) in [7, 11) is 1.76. The molecule has 1 aromatic heterocycles. The number of nitrogens with zero attached hydrogens (tertiary/aromatic N) is 4. The molecule has 9 nitrogen and oxygen atoms in total. The van der Waals surface area contributed by atoms with Crippen LogP contribution in [0.1, 0.15) is 35.2 Å². The maximum absolute atomic E-state index is 13.3. The van der Waals surface area contributed by atoms with Crippen molar-refractivity contribution in [1.29, 1.82) is 0 Å². The highest BCUT2D eigenvalue weighted by Gasteiger charge is 2.38. The van der Waals surface area contributed by atoms with Crippen LogP contribution in [0.25, 0.3) is 11.1 Å². The van der Waals surface area contributed by atoms with E-state index in [1.165, 1.54) is 6.33 Å². The summed E-state index contributed by atoms with van der Waals surface area (Å²) in [6.45, 7) is 1.74. The normalized spacial score (nSPS) is 22.5. The molecule has 38 heavy (non-hydrogen) atoms. The van der Waals surface area contributed by atoms with Crippen LogP contribution < -0.4 is 10.5 Å². The summed E-state index contributed by atoms with van der Waals surface area (Å²) in [5.41, 5.74) is 9.94. The molecule has 0 aliphatic carbocycles. The zero-order valence-corrected chi connectivity index (χ0v) is 21.5. The lowest BCUT2D eigenvalue weighted by Gasteiger charge is -2.28. The Balaban J connectivity index is 1.26. The van der Waals surface area contributed by atoms with Crippen molar-refractivity contribution in [3.8, 4) is 16.9 Å². The number of ether oxygens (including phenoxy) is 2. The van der Waals surface area contributed by atoms with E-state index in [0.29, 0.717) is 56.9 Å². The van der Waals surface area contributed by atoms with Crippen LogP contribution in [0, 0.1) is 0 Å². The second-order valence-electron chi connectivity index (χ2n) is 9.95. The lowest BCUT2D eigenvalue weighted by atomic mass is 10.1. The van der Waals surface area contributed by atoms with Crippen molar-refractivity contribution in [3.05, 3.63) is 78.4 Å². The SMILES string of the molecule is CN1CCC[C@H](N)C(=O)N2C[C@@H](OCc3ccc(-c4cncnc4)cc3)C[C@H]2COc2cccc(c2)C1=O. The molecular weight excluding hydrogens is 482 g/mol. The van der Waals surface area contributed by atoms with Crippen LogP contribution in [0.5, 0.6) is 5.75 Å². The highest BCUT2D eigenvalue weighted by atomic mass is 16.5. The van der Waals surface area contributed by atoms with E-state index in [-0.39, 0.29) is 24.0 Å². The summed E-state index contributed by atoms with van der Waals surface area (Å²) in [6.07, 6.45) is 6.76. The van der Waals surface area contributed by atoms with Gasteiger partial charge in [0, 0.05) is 43.7 Å². The van der Waals surface area contributed by atoms with Crippen molar-refractivity contribution < 1.29 is 19.1 Å². The Hall–Kier alpha value is -3.82. The first-order valence-corrected chi connectivity index (χ1v) is 13.0. The molecule has 0 saturated carbocycles. The molecule has 2 N–H and O–H groups in total. The van der Waals surface area contributed by atoms with Gasteiger partial charge in [-0.1, -0.05) is 30.3 Å². The molecule has 1 fully saturated rings. The Labute approximate surface area is 222 Å². The van der Waals surface area contributed by atoms with Gasteiger partial charge in [0.15, 0.2) is 0 Å². The number of benzene rings is 2. The van der Waals surface area contributed by atoms with Gasteiger partial charge in [-0.3, -0.25) is 9.59 Å². The first-order valence-electron chi connectivity index (χ1n) is 13.0. The van der Waals surface area contributed by atoms with Crippen molar-refractivity contribution in [3.63, 3.8) is 0 Å². The van der Waals surface area contributed by atoms with Gasteiger partial charge in [0.2, 0.25) is 5.91 Å². The van der Waals surface area contributed by atoms with Gasteiger partial charge in [-0.05, 0) is 48.6 Å². The standard InChI is InChI=1S/C29H33N5O4/c1-33-11-3-6-27(30)29(36)34-16-26(13-24(34)18-38-25-5-2-4-22(12-25)28(33)35)37-17-20-7-9-21(10-8-20)23-14-31-19-32-15-23/h2,4-5,7-10,12,14-15,19,24,26-27H,3,6,11,13,16-18,30H2,1H3/t24-,26-,27-/m0/s1. The molecule has 0 unspecified atom stereocenters. The van der Waals surface area contributed by atoms with E-state index in [0.717, 1.165) is 16.7 Å². The van der Waals surface area contributed by atoms with E-state index in [9.17, 15) is 9.59 Å². The number of aromatic nitrogens is 2. The molecule has 0 spiro atoms. The van der Waals surface area contributed by atoms with E-state index in [4.69, 9.17) is 15.2 Å². The number of nitrogens with two attached hydrogens (primary N) is 1. The number of fused-ring (bicyclic) bond motifs is 3. The third-order valence-corrected chi connectivity index (χ3v) is 7.19. The van der Waals surface area contributed by atoms with Crippen LogP contribution in [-0.4, -0.2) is 76.5 Å². The Kier molecular flexibility index (Phi) is 7.95. The fourth-order valence-corrected chi connectivity index (χ4v) is 5.00. The van der Waals surface area contributed by atoms with Crippen LogP contribution in [0.15, 0.2) is 67.3 Å². The first kappa shape index (κ1) is 25.8. The molecular formula is C29H33N5O4. The van der Waals surface area contributed by atoms with Gasteiger partial charge < -0.3 is 25.0 Å². The second-order valence-corrected chi connectivity index (χ2v) is 9.95. The summed E-state index contributed by atoms with van der Waals surface area (Å²) in [5.74, 6) is 0.429. The molecule has 2 aliphatic heterocycles. The number of rotatable bonds is 4. The third kappa shape index (κ3) is 6.00. The number of carbonyl (C=O) groups excluding carboxylic acids is 2. The molecule has 2 bridgehead atoms. The third-order valence-electron chi connectivity index (χ3n) is 7.19. The van der Waals surface area contributed by atoms with Gasteiger partial charge in [0.1, 0.15) is 18.7 Å². The largest absolute Gasteiger partial charge is 0.491 e. The molecule has 198 valence electrons. The maximum atomic E-state index is 13.3. The highest BCUT2D eigenvalue weighted by molar-refractivity contribution is 5.94. The van der Waals surface area contributed by atoms with Crippen molar-refractivity contribution >= 4 is 11.8 Å². The van der Waals surface area contributed by atoms with Gasteiger partial charge in [-0.25, -0.2) is 9.97 Å². The molecule has 0 radical (unpaired) electrons. The highest BCUT2D eigenvalue weighted by Crippen LogP contribution is 2.26. The summed E-state index contributed by atoms with van der Waals surface area (Å²) >= 11 is 0. The fourth-order valence-electron chi connectivity index (χ4n) is 5.00. The van der Waals surface area contributed by atoms with E-state index < -0.39 is 6.04 Å². The van der Waals surface area contributed by atoms with Crippen molar-refractivity contribution in [2.24, 2.45) is 5.73 Å². The first-order chi connectivity index (χ1) is 18.5. The molecule has 3 heterocycles. The summed E-state index contributed by atoms with van der Waals surface area (Å²) in [5, 5.41) is 0.